The number of pyridine rings is 1. The van der Waals surface area contributed by atoms with E-state index in [0.717, 1.165) is 5.56 Å². The molecule has 1 N–H and O–H groups in total. The van der Waals surface area contributed by atoms with Crippen LogP contribution >= 0.6 is 0 Å². The quantitative estimate of drug-likeness (QED) is 0.849. The molecule has 0 radical (unpaired) electrons. The van der Waals surface area contributed by atoms with Crippen molar-refractivity contribution in [3.63, 3.8) is 0 Å². The van der Waals surface area contributed by atoms with Gasteiger partial charge in [-0.25, -0.2) is 13.4 Å². The summed E-state index contributed by atoms with van der Waals surface area (Å²) in [6, 6.07) is 3.79. The van der Waals surface area contributed by atoms with Gasteiger partial charge in [-0.15, -0.1) is 0 Å². The first kappa shape index (κ1) is 13.5. The van der Waals surface area contributed by atoms with E-state index < -0.39 is 9.84 Å². The number of nitriles is 1. The van der Waals surface area contributed by atoms with Crippen molar-refractivity contribution in [2.75, 3.05) is 23.4 Å². The topological polar surface area (TPSA) is 82.8 Å². The van der Waals surface area contributed by atoms with Crippen LogP contribution in [-0.2, 0) is 9.84 Å². The van der Waals surface area contributed by atoms with Gasteiger partial charge in [0.2, 0.25) is 0 Å². The summed E-state index contributed by atoms with van der Waals surface area (Å²) in [5.74, 6) is 0.615. The predicted molar refractivity (Wildman–Crippen MR) is 66.5 cm³/mol. The number of hydrogen-bond donors (Lipinski definition) is 1. The molecule has 1 aromatic rings. The van der Waals surface area contributed by atoms with Crippen molar-refractivity contribution in [1.29, 1.82) is 5.26 Å². The average molecular weight is 253 g/mol. The molecule has 17 heavy (non-hydrogen) atoms. The number of rotatable bonds is 5. The fraction of sp³-hybridized carbons (Fsp3) is 0.455. The van der Waals surface area contributed by atoms with Gasteiger partial charge in [-0.2, -0.15) is 5.26 Å². The molecule has 0 aliphatic carbocycles. The molecule has 0 aliphatic rings. The fourth-order valence-corrected chi connectivity index (χ4v) is 2.00. The second-order valence-electron chi connectivity index (χ2n) is 3.63. The smallest absolute Gasteiger partial charge is 0.151 e. The molecule has 1 aromatic heterocycles. The van der Waals surface area contributed by atoms with Crippen molar-refractivity contribution in [1.82, 2.24) is 4.98 Å². The van der Waals surface area contributed by atoms with E-state index in [-0.39, 0.29) is 18.1 Å². The maximum absolute atomic E-state index is 11.3. The molecule has 0 aliphatic heterocycles. The molecule has 5 nitrogen and oxygen atoms in total. The van der Waals surface area contributed by atoms with Crippen molar-refractivity contribution in [3.05, 3.63) is 23.4 Å². The molecule has 0 amide bonds. The molecule has 0 unspecified atom stereocenters. The van der Waals surface area contributed by atoms with E-state index in [1.807, 2.05) is 6.92 Å². The molecule has 0 aromatic carbocycles. The van der Waals surface area contributed by atoms with Gasteiger partial charge < -0.3 is 5.32 Å². The predicted octanol–water partition coefficient (Wildman–Crippen LogP) is 1.11. The van der Waals surface area contributed by atoms with Gasteiger partial charge in [0, 0.05) is 18.5 Å². The molecule has 0 bridgehead atoms. The van der Waals surface area contributed by atoms with E-state index in [2.05, 4.69) is 16.4 Å². The van der Waals surface area contributed by atoms with Gasteiger partial charge in [-0.05, 0) is 18.6 Å². The summed E-state index contributed by atoms with van der Waals surface area (Å²) in [6.45, 7) is 3.69. The second kappa shape index (κ2) is 5.64. The van der Waals surface area contributed by atoms with Gasteiger partial charge in [0.1, 0.15) is 11.9 Å². The van der Waals surface area contributed by atoms with Crippen LogP contribution in [0.4, 0.5) is 5.82 Å². The maximum Gasteiger partial charge on any atom is 0.151 e. The minimum atomic E-state index is -2.99. The van der Waals surface area contributed by atoms with Crippen LogP contribution < -0.4 is 5.32 Å². The number of nitrogens with one attached hydrogen (secondary N) is 1. The Morgan fingerprint density at radius 3 is 2.82 bits per heavy atom. The summed E-state index contributed by atoms with van der Waals surface area (Å²) in [5, 5.41) is 11.8. The highest BCUT2D eigenvalue weighted by molar-refractivity contribution is 7.91. The van der Waals surface area contributed by atoms with Gasteiger partial charge in [-0.1, -0.05) is 6.92 Å². The highest BCUT2D eigenvalue weighted by Crippen LogP contribution is 2.14. The summed E-state index contributed by atoms with van der Waals surface area (Å²) in [4.78, 5) is 4.03. The first-order valence-electron chi connectivity index (χ1n) is 5.30. The highest BCUT2D eigenvalue weighted by Gasteiger charge is 2.09. The number of nitrogens with zero attached hydrogens (tertiary/aromatic N) is 2. The molecular weight excluding hydrogens is 238 g/mol. The lowest BCUT2D eigenvalue weighted by Crippen LogP contribution is -2.18. The molecule has 92 valence electrons. The zero-order valence-corrected chi connectivity index (χ0v) is 10.7. The Kier molecular flexibility index (Phi) is 4.46. The Morgan fingerprint density at radius 2 is 2.24 bits per heavy atom. The molecule has 0 spiro atoms. The molecule has 1 heterocycles. The third-order valence-corrected chi connectivity index (χ3v) is 4.12. The van der Waals surface area contributed by atoms with E-state index in [9.17, 15) is 8.42 Å². The molecule has 1 rings (SSSR count). The molecule has 0 saturated carbocycles. The van der Waals surface area contributed by atoms with Gasteiger partial charge in [-0.3, -0.25) is 0 Å². The normalized spacial score (nSPS) is 10.9. The number of anilines is 1. The Hall–Kier alpha value is -1.61. The largest absolute Gasteiger partial charge is 0.368 e. The van der Waals surface area contributed by atoms with Crippen molar-refractivity contribution >= 4 is 15.7 Å². The number of aryl methyl sites for hydroxylation is 1. The van der Waals surface area contributed by atoms with Gasteiger partial charge in [0.25, 0.3) is 0 Å². The second-order valence-corrected chi connectivity index (χ2v) is 6.10. The Labute approximate surface area is 101 Å². The molecule has 0 saturated heterocycles. The van der Waals surface area contributed by atoms with Crippen molar-refractivity contribution in [2.45, 2.75) is 13.8 Å². The van der Waals surface area contributed by atoms with E-state index in [0.29, 0.717) is 11.4 Å². The lowest BCUT2D eigenvalue weighted by atomic mass is 10.1. The molecule has 6 heteroatoms. The van der Waals surface area contributed by atoms with Gasteiger partial charge in [0.15, 0.2) is 9.84 Å². The lowest BCUT2D eigenvalue weighted by Gasteiger charge is -2.08. The minimum Gasteiger partial charge on any atom is -0.368 e. The Balaban J connectivity index is 2.72. The zero-order chi connectivity index (χ0) is 12.9. The summed E-state index contributed by atoms with van der Waals surface area (Å²) < 4.78 is 22.6. The summed E-state index contributed by atoms with van der Waals surface area (Å²) in [7, 11) is -2.99. The van der Waals surface area contributed by atoms with Crippen molar-refractivity contribution in [3.8, 4) is 6.07 Å². The van der Waals surface area contributed by atoms with Crippen molar-refractivity contribution in [2.24, 2.45) is 0 Å². The molecule has 0 atom stereocenters. The number of aromatic nitrogens is 1. The monoisotopic (exact) mass is 253 g/mol. The summed E-state index contributed by atoms with van der Waals surface area (Å²) >= 11 is 0. The number of hydrogen-bond acceptors (Lipinski definition) is 5. The average Bonchev–Trinajstić information content (AvgIpc) is 2.29. The third-order valence-electron chi connectivity index (χ3n) is 2.42. The van der Waals surface area contributed by atoms with Crippen LogP contribution in [0.2, 0.25) is 0 Å². The summed E-state index contributed by atoms with van der Waals surface area (Å²) in [5.41, 5.74) is 1.28. The first-order valence-corrected chi connectivity index (χ1v) is 7.12. The van der Waals surface area contributed by atoms with E-state index in [1.165, 1.54) is 0 Å². The van der Waals surface area contributed by atoms with Crippen LogP contribution in [0.5, 0.6) is 0 Å². The zero-order valence-electron chi connectivity index (χ0n) is 9.90. The Morgan fingerprint density at radius 1 is 1.53 bits per heavy atom. The van der Waals surface area contributed by atoms with Crippen LogP contribution in [-0.4, -0.2) is 31.5 Å². The lowest BCUT2D eigenvalue weighted by molar-refractivity contribution is 0.597. The molecular formula is C11H15N3O2S. The maximum atomic E-state index is 11.3. The van der Waals surface area contributed by atoms with Crippen LogP contribution in [0.3, 0.4) is 0 Å². The van der Waals surface area contributed by atoms with E-state index >= 15 is 0 Å². The SMILES string of the molecule is CCS(=O)(=O)CCNc1nccc(C)c1C#N. The first-order chi connectivity index (χ1) is 8.00. The minimum absolute atomic E-state index is 0.0456. The van der Waals surface area contributed by atoms with Crippen LogP contribution in [0.15, 0.2) is 12.3 Å². The van der Waals surface area contributed by atoms with Gasteiger partial charge in [0.05, 0.1) is 11.3 Å². The summed E-state index contributed by atoms with van der Waals surface area (Å²) in [6.07, 6.45) is 1.59. The van der Waals surface area contributed by atoms with Crippen LogP contribution in [0, 0.1) is 18.3 Å². The Bertz CT molecular complexity index is 532. The highest BCUT2D eigenvalue weighted by atomic mass is 32.2. The molecule has 0 fully saturated rings. The van der Waals surface area contributed by atoms with Crippen LogP contribution in [0.25, 0.3) is 0 Å². The standard InChI is InChI=1S/C11H15N3O2S/c1-3-17(15,16)7-6-14-11-10(8-12)9(2)4-5-13-11/h4-5H,3,6-7H2,1-2H3,(H,13,14). The third kappa shape index (κ3) is 3.71. The van der Waals surface area contributed by atoms with Gasteiger partial charge >= 0.3 is 0 Å². The van der Waals surface area contributed by atoms with E-state index in [1.54, 1.807) is 19.2 Å². The van der Waals surface area contributed by atoms with Crippen molar-refractivity contribution < 1.29 is 8.42 Å². The van der Waals surface area contributed by atoms with E-state index in [4.69, 9.17) is 5.26 Å². The van der Waals surface area contributed by atoms with Crippen LogP contribution in [0.1, 0.15) is 18.1 Å². The fourth-order valence-electron chi connectivity index (χ4n) is 1.30. The number of sulfone groups is 1.